The fraction of sp³-hybridized carbons (Fsp3) is 0.925. The van der Waals surface area contributed by atoms with Gasteiger partial charge in [-0.05, 0) is 50.4 Å². The molecule has 49 heavy (non-hydrogen) atoms. The summed E-state index contributed by atoms with van der Waals surface area (Å²) in [6.07, 6.45) is 22.6. The molecule has 0 aromatic rings. The zero-order chi connectivity index (χ0) is 37.0. The molecule has 0 aromatic heterocycles. The predicted molar refractivity (Wildman–Crippen MR) is 198 cm³/mol. The molecule has 0 amide bonds. The van der Waals surface area contributed by atoms with Gasteiger partial charge in [0.15, 0.2) is 0 Å². The Morgan fingerprint density at radius 2 is 0.796 bits per heavy atom. The Labute approximate surface area is 300 Å². The van der Waals surface area contributed by atoms with E-state index in [1.807, 2.05) is 0 Å². The van der Waals surface area contributed by atoms with Crippen molar-refractivity contribution in [1.29, 1.82) is 0 Å². The van der Waals surface area contributed by atoms with E-state index in [9.17, 15) is 14.4 Å². The van der Waals surface area contributed by atoms with Crippen LogP contribution in [0.25, 0.3) is 0 Å². The van der Waals surface area contributed by atoms with Crippen LogP contribution in [-0.2, 0) is 28.6 Å². The number of hydrogen-bond donors (Lipinski definition) is 3. The minimum absolute atomic E-state index is 0.0502. The van der Waals surface area contributed by atoms with Crippen LogP contribution >= 0.6 is 0 Å². The fourth-order valence-electron chi connectivity index (χ4n) is 5.14. The van der Waals surface area contributed by atoms with Crippen molar-refractivity contribution in [2.45, 2.75) is 182 Å². The van der Waals surface area contributed by atoms with Gasteiger partial charge in [-0.3, -0.25) is 14.4 Å². The molecule has 0 spiro atoms. The number of aliphatic hydroxyl groups is 3. The van der Waals surface area contributed by atoms with E-state index in [0.717, 1.165) is 95.3 Å². The van der Waals surface area contributed by atoms with E-state index in [4.69, 9.17) is 29.5 Å². The maximum atomic E-state index is 11.7. The smallest absolute Gasteiger partial charge is 0.305 e. The van der Waals surface area contributed by atoms with Crippen molar-refractivity contribution in [2.75, 3.05) is 39.6 Å². The second-order valence-corrected chi connectivity index (χ2v) is 14.7. The number of carbonyl (C=O) groups is 3. The van der Waals surface area contributed by atoms with Crippen LogP contribution in [-0.4, -0.2) is 72.9 Å². The van der Waals surface area contributed by atoms with Gasteiger partial charge < -0.3 is 29.5 Å². The summed E-state index contributed by atoms with van der Waals surface area (Å²) in [5.41, 5.74) is -0.957. The second-order valence-electron chi connectivity index (χ2n) is 14.7. The standard InChI is InChI=1S/C26H50O4.C14H28O5/c1-23(2)17-11-9-15-21-29-25(27)19-13-7-5-6-8-14-20-26(28)30-22-16-10-12-18-24(3)4;1-2-3-4-5-6-7-13(18)19-9-8-14(10-15,11-16)12-17/h23-24H,5-22H2,1-4H3;15-17H,2-12H2,1H3. The summed E-state index contributed by atoms with van der Waals surface area (Å²) >= 11 is 0. The molecule has 9 heteroatoms. The molecule has 0 aliphatic carbocycles. The van der Waals surface area contributed by atoms with E-state index in [2.05, 4.69) is 34.6 Å². The van der Waals surface area contributed by atoms with E-state index >= 15 is 0 Å². The molecule has 0 heterocycles. The lowest BCUT2D eigenvalue weighted by molar-refractivity contribution is -0.146. The maximum Gasteiger partial charge on any atom is 0.305 e. The summed E-state index contributed by atoms with van der Waals surface area (Å²) in [4.78, 5) is 34.8. The zero-order valence-corrected chi connectivity index (χ0v) is 32.5. The molecule has 0 aromatic carbocycles. The average Bonchev–Trinajstić information content (AvgIpc) is 3.07. The molecular formula is C40H78O9. The molecule has 0 saturated heterocycles. The van der Waals surface area contributed by atoms with Crippen molar-refractivity contribution < 1.29 is 43.9 Å². The quantitative estimate of drug-likeness (QED) is 0.0348. The molecular weight excluding hydrogens is 624 g/mol. The van der Waals surface area contributed by atoms with Crippen molar-refractivity contribution in [3.63, 3.8) is 0 Å². The van der Waals surface area contributed by atoms with Crippen molar-refractivity contribution in [3.05, 3.63) is 0 Å². The van der Waals surface area contributed by atoms with Gasteiger partial charge in [-0.25, -0.2) is 0 Å². The number of esters is 3. The highest BCUT2D eigenvalue weighted by Gasteiger charge is 2.28. The third-order valence-electron chi connectivity index (χ3n) is 8.78. The Kier molecular flexibility index (Phi) is 36.4. The summed E-state index contributed by atoms with van der Waals surface area (Å²) in [6.45, 7) is 11.4. The fourth-order valence-corrected chi connectivity index (χ4v) is 5.14. The van der Waals surface area contributed by atoms with E-state index in [-0.39, 0.29) is 50.8 Å². The van der Waals surface area contributed by atoms with Gasteiger partial charge in [0, 0.05) is 24.7 Å². The summed E-state index contributed by atoms with van der Waals surface area (Å²) in [7, 11) is 0. The third-order valence-corrected chi connectivity index (χ3v) is 8.78. The van der Waals surface area contributed by atoms with E-state index in [1.165, 1.54) is 38.5 Å². The van der Waals surface area contributed by atoms with Crippen LogP contribution in [0.3, 0.4) is 0 Å². The van der Waals surface area contributed by atoms with Gasteiger partial charge >= 0.3 is 17.9 Å². The first-order valence-corrected chi connectivity index (χ1v) is 19.8. The van der Waals surface area contributed by atoms with Gasteiger partial charge in [0.1, 0.15) is 0 Å². The highest BCUT2D eigenvalue weighted by Crippen LogP contribution is 2.20. The van der Waals surface area contributed by atoms with E-state index < -0.39 is 5.41 Å². The summed E-state index contributed by atoms with van der Waals surface area (Å²) in [5.74, 6) is 1.17. The van der Waals surface area contributed by atoms with Crippen molar-refractivity contribution in [2.24, 2.45) is 17.3 Å². The van der Waals surface area contributed by atoms with Crippen LogP contribution in [0.2, 0.25) is 0 Å². The molecule has 0 rings (SSSR count). The molecule has 0 radical (unpaired) electrons. The molecule has 0 unspecified atom stereocenters. The average molecular weight is 703 g/mol. The number of rotatable bonds is 33. The minimum Gasteiger partial charge on any atom is -0.466 e. The maximum absolute atomic E-state index is 11.7. The van der Waals surface area contributed by atoms with Crippen molar-refractivity contribution in [3.8, 4) is 0 Å². The van der Waals surface area contributed by atoms with Gasteiger partial charge in [0.25, 0.3) is 0 Å². The van der Waals surface area contributed by atoms with Crippen LogP contribution in [0.4, 0.5) is 0 Å². The topological polar surface area (TPSA) is 140 Å². The lowest BCUT2D eigenvalue weighted by Crippen LogP contribution is -2.35. The van der Waals surface area contributed by atoms with Crippen LogP contribution in [0.15, 0.2) is 0 Å². The normalized spacial score (nSPS) is 11.4. The van der Waals surface area contributed by atoms with Crippen molar-refractivity contribution >= 4 is 17.9 Å². The first kappa shape index (κ1) is 49.4. The third kappa shape index (κ3) is 35.9. The number of unbranched alkanes of at least 4 members (excludes halogenated alkanes) is 13. The number of aliphatic hydroxyl groups excluding tert-OH is 3. The van der Waals surface area contributed by atoms with Crippen LogP contribution in [0.1, 0.15) is 182 Å². The summed E-state index contributed by atoms with van der Waals surface area (Å²) in [6, 6.07) is 0. The Bertz CT molecular complexity index is 704. The Morgan fingerprint density at radius 3 is 1.14 bits per heavy atom. The van der Waals surface area contributed by atoms with Crippen LogP contribution < -0.4 is 0 Å². The zero-order valence-electron chi connectivity index (χ0n) is 32.5. The first-order chi connectivity index (χ1) is 23.6. The van der Waals surface area contributed by atoms with Gasteiger partial charge in [-0.15, -0.1) is 0 Å². The van der Waals surface area contributed by atoms with Gasteiger partial charge in [-0.1, -0.05) is 125 Å². The van der Waals surface area contributed by atoms with Crippen molar-refractivity contribution in [1.82, 2.24) is 0 Å². The van der Waals surface area contributed by atoms with Gasteiger partial charge in [0.2, 0.25) is 0 Å². The molecule has 9 nitrogen and oxygen atoms in total. The minimum atomic E-state index is -0.957. The van der Waals surface area contributed by atoms with Gasteiger partial charge in [-0.2, -0.15) is 0 Å². The molecule has 292 valence electrons. The number of ether oxygens (including phenoxy) is 3. The highest BCUT2D eigenvalue weighted by atomic mass is 16.5. The van der Waals surface area contributed by atoms with Crippen LogP contribution in [0.5, 0.6) is 0 Å². The first-order valence-electron chi connectivity index (χ1n) is 19.8. The molecule has 0 aliphatic rings. The second kappa shape index (κ2) is 36.1. The molecule has 0 saturated carbocycles. The molecule has 0 fully saturated rings. The van der Waals surface area contributed by atoms with E-state index in [0.29, 0.717) is 32.5 Å². The van der Waals surface area contributed by atoms with E-state index in [1.54, 1.807) is 0 Å². The largest absolute Gasteiger partial charge is 0.466 e. The summed E-state index contributed by atoms with van der Waals surface area (Å²) in [5, 5.41) is 27.3. The number of hydrogen-bond acceptors (Lipinski definition) is 9. The molecule has 0 aliphatic heterocycles. The lowest BCUT2D eigenvalue weighted by atomic mass is 9.88. The Morgan fingerprint density at radius 1 is 0.469 bits per heavy atom. The lowest BCUT2D eigenvalue weighted by Gasteiger charge is -2.26. The highest BCUT2D eigenvalue weighted by molar-refractivity contribution is 5.69. The Balaban J connectivity index is 0. The monoisotopic (exact) mass is 703 g/mol. The predicted octanol–water partition coefficient (Wildman–Crippen LogP) is 8.87. The van der Waals surface area contributed by atoms with Gasteiger partial charge in [0.05, 0.1) is 39.6 Å². The number of carbonyl (C=O) groups excluding carboxylic acids is 3. The molecule has 0 atom stereocenters. The Hall–Kier alpha value is -1.71. The summed E-state index contributed by atoms with van der Waals surface area (Å²) < 4.78 is 15.6. The van der Waals surface area contributed by atoms with Crippen LogP contribution in [0, 0.1) is 17.3 Å². The SMILES string of the molecule is CC(C)CCCCCOC(=O)CCCCCCCCC(=O)OCCCCCC(C)C.CCCCCCCC(=O)OCCC(CO)(CO)CO. The molecule has 0 bridgehead atoms. The molecule has 3 N–H and O–H groups in total.